The monoisotopic (exact) mass is 418 g/mol. The number of anilines is 1. The predicted octanol–water partition coefficient (Wildman–Crippen LogP) is 2.29. The topological polar surface area (TPSA) is 91.8 Å². The van der Waals surface area contributed by atoms with Gasteiger partial charge in [-0.25, -0.2) is 8.42 Å². The Kier molecular flexibility index (Phi) is 5.01. The first-order valence-electron chi connectivity index (χ1n) is 10.3. The molecule has 1 spiro atoms. The second-order valence-corrected chi connectivity index (χ2v) is 10.5. The molecule has 0 bridgehead atoms. The summed E-state index contributed by atoms with van der Waals surface area (Å²) < 4.78 is 25.8. The molecule has 1 aromatic carbocycles. The Labute approximate surface area is 171 Å². The molecule has 0 radical (unpaired) electrons. The zero-order valence-electron chi connectivity index (χ0n) is 16.6. The highest BCUT2D eigenvalue weighted by molar-refractivity contribution is 7.92. The summed E-state index contributed by atoms with van der Waals surface area (Å²) in [5.74, 6) is -0.726. The third-order valence-corrected chi connectivity index (χ3v) is 8.34. The minimum atomic E-state index is -3.34. The Hall–Kier alpha value is -2.22. The fourth-order valence-electron chi connectivity index (χ4n) is 4.86. The van der Waals surface area contributed by atoms with E-state index in [1.54, 1.807) is 25.1 Å². The summed E-state index contributed by atoms with van der Waals surface area (Å²) in [6, 6.07) is 4.94. The van der Waals surface area contributed by atoms with Crippen molar-refractivity contribution in [2.45, 2.75) is 51.9 Å². The highest BCUT2D eigenvalue weighted by atomic mass is 32.2. The van der Waals surface area contributed by atoms with E-state index >= 15 is 0 Å². The number of imide groups is 1. The fourth-order valence-corrected chi connectivity index (χ4v) is 6.02. The van der Waals surface area contributed by atoms with Gasteiger partial charge in [0.05, 0.1) is 23.4 Å². The molecule has 156 valence electrons. The number of amides is 2. The van der Waals surface area contributed by atoms with Crippen molar-refractivity contribution in [3.05, 3.63) is 29.3 Å². The number of rotatable bonds is 5. The second-order valence-electron chi connectivity index (χ2n) is 8.29. The number of ketones is 1. The van der Waals surface area contributed by atoms with Crippen molar-refractivity contribution in [1.82, 2.24) is 4.90 Å². The number of nitrogens with zero attached hydrogens (tertiary/aromatic N) is 2. The van der Waals surface area contributed by atoms with Crippen molar-refractivity contribution < 1.29 is 22.8 Å². The Morgan fingerprint density at radius 1 is 1.14 bits per heavy atom. The lowest BCUT2D eigenvalue weighted by atomic mass is 9.73. The van der Waals surface area contributed by atoms with Crippen LogP contribution in [0.1, 0.15) is 61.4 Å². The number of hydrogen-bond donors (Lipinski definition) is 0. The average molecular weight is 419 g/mol. The molecule has 1 saturated heterocycles. The van der Waals surface area contributed by atoms with Gasteiger partial charge in [0.1, 0.15) is 0 Å². The molecular weight excluding hydrogens is 392 g/mol. The highest BCUT2D eigenvalue weighted by Crippen LogP contribution is 2.45. The quantitative estimate of drug-likeness (QED) is 0.540. The Balaban J connectivity index is 1.51. The first kappa shape index (κ1) is 20.1. The second kappa shape index (κ2) is 7.23. The Morgan fingerprint density at radius 2 is 1.86 bits per heavy atom. The van der Waals surface area contributed by atoms with Crippen LogP contribution in [0, 0.1) is 5.41 Å². The van der Waals surface area contributed by atoms with Gasteiger partial charge in [-0.1, -0.05) is 19.3 Å². The SMILES string of the molecule is CCS(=O)(=O)N1CCc2cc(C(=O)CN3C(=O)CC4(CCCCC4)C3=O)ccc21. The van der Waals surface area contributed by atoms with Crippen LogP contribution in [0.4, 0.5) is 5.69 Å². The number of carbonyl (C=O) groups excluding carboxylic acids is 3. The molecule has 2 aliphatic heterocycles. The molecule has 7 nitrogen and oxygen atoms in total. The minimum absolute atomic E-state index is 0.0219. The zero-order valence-corrected chi connectivity index (χ0v) is 17.5. The van der Waals surface area contributed by atoms with Gasteiger partial charge in [0.2, 0.25) is 21.8 Å². The van der Waals surface area contributed by atoms with E-state index in [0.717, 1.165) is 42.6 Å². The molecule has 2 heterocycles. The minimum Gasteiger partial charge on any atom is -0.292 e. The number of benzene rings is 1. The van der Waals surface area contributed by atoms with Crippen molar-refractivity contribution in [3.63, 3.8) is 0 Å². The summed E-state index contributed by atoms with van der Waals surface area (Å²) in [6.45, 7) is 1.73. The number of sulfonamides is 1. The maximum atomic E-state index is 12.9. The molecule has 1 saturated carbocycles. The van der Waals surface area contributed by atoms with Crippen LogP contribution in [0.15, 0.2) is 18.2 Å². The van der Waals surface area contributed by atoms with Crippen LogP contribution in [0.2, 0.25) is 0 Å². The number of Topliss-reactive ketones (excluding diaryl/α,β-unsaturated/α-hetero) is 1. The van der Waals surface area contributed by atoms with Crippen molar-refractivity contribution in [1.29, 1.82) is 0 Å². The van der Waals surface area contributed by atoms with Gasteiger partial charge >= 0.3 is 0 Å². The molecule has 4 rings (SSSR count). The Bertz CT molecular complexity index is 979. The summed E-state index contributed by atoms with van der Waals surface area (Å²) in [6.07, 6.45) is 5.19. The van der Waals surface area contributed by atoms with Crippen LogP contribution < -0.4 is 4.31 Å². The average Bonchev–Trinajstić information content (AvgIpc) is 3.24. The van der Waals surface area contributed by atoms with Gasteiger partial charge in [-0.05, 0) is 49.9 Å². The molecule has 0 aromatic heterocycles. The lowest BCUT2D eigenvalue weighted by molar-refractivity contribution is -0.141. The lowest BCUT2D eigenvalue weighted by Gasteiger charge is -2.30. The molecule has 2 amide bonds. The first-order chi connectivity index (χ1) is 13.8. The third-order valence-electron chi connectivity index (χ3n) is 6.56. The molecule has 0 unspecified atom stereocenters. The summed E-state index contributed by atoms with van der Waals surface area (Å²) >= 11 is 0. The predicted molar refractivity (Wildman–Crippen MR) is 108 cm³/mol. The molecular formula is C21H26N2O5S. The zero-order chi connectivity index (χ0) is 20.8. The largest absolute Gasteiger partial charge is 0.292 e. The number of fused-ring (bicyclic) bond motifs is 1. The molecule has 8 heteroatoms. The highest BCUT2D eigenvalue weighted by Gasteiger charge is 2.51. The summed E-state index contributed by atoms with van der Waals surface area (Å²) in [7, 11) is -3.34. The number of hydrogen-bond acceptors (Lipinski definition) is 5. The normalized spacial score (nSPS) is 21.1. The van der Waals surface area contributed by atoms with E-state index in [9.17, 15) is 22.8 Å². The molecule has 29 heavy (non-hydrogen) atoms. The van der Waals surface area contributed by atoms with Crippen LogP contribution in [0.5, 0.6) is 0 Å². The molecule has 1 aliphatic carbocycles. The number of likely N-dealkylation sites (tertiary alicyclic amines) is 1. The van der Waals surface area contributed by atoms with Crippen LogP contribution in [-0.2, 0) is 26.0 Å². The van der Waals surface area contributed by atoms with E-state index in [2.05, 4.69) is 0 Å². The molecule has 1 aromatic rings. The summed E-state index contributed by atoms with van der Waals surface area (Å²) in [4.78, 5) is 39.3. The van der Waals surface area contributed by atoms with E-state index in [1.165, 1.54) is 4.31 Å². The van der Waals surface area contributed by atoms with Crippen LogP contribution in [-0.4, -0.2) is 49.8 Å². The van der Waals surface area contributed by atoms with Crippen molar-refractivity contribution >= 4 is 33.3 Å². The van der Waals surface area contributed by atoms with Gasteiger partial charge in [-0.3, -0.25) is 23.6 Å². The van der Waals surface area contributed by atoms with Crippen molar-refractivity contribution in [3.8, 4) is 0 Å². The third kappa shape index (κ3) is 3.37. The first-order valence-corrected chi connectivity index (χ1v) is 11.9. The number of carbonyl (C=O) groups is 3. The van der Waals surface area contributed by atoms with Crippen LogP contribution >= 0.6 is 0 Å². The maximum Gasteiger partial charge on any atom is 0.236 e. The smallest absolute Gasteiger partial charge is 0.236 e. The van der Waals surface area contributed by atoms with Gasteiger partial charge in [0.15, 0.2) is 5.78 Å². The van der Waals surface area contributed by atoms with E-state index in [-0.39, 0.29) is 36.3 Å². The fraction of sp³-hybridized carbons (Fsp3) is 0.571. The molecule has 0 atom stereocenters. The maximum absolute atomic E-state index is 12.9. The van der Waals surface area contributed by atoms with E-state index in [0.29, 0.717) is 24.2 Å². The molecule has 3 aliphatic rings. The van der Waals surface area contributed by atoms with E-state index < -0.39 is 15.4 Å². The molecule has 2 fully saturated rings. The van der Waals surface area contributed by atoms with Crippen LogP contribution in [0.25, 0.3) is 0 Å². The van der Waals surface area contributed by atoms with Crippen LogP contribution in [0.3, 0.4) is 0 Å². The Morgan fingerprint density at radius 3 is 2.55 bits per heavy atom. The van der Waals surface area contributed by atoms with Gasteiger partial charge in [-0.15, -0.1) is 0 Å². The van der Waals surface area contributed by atoms with Crippen molar-refractivity contribution in [2.24, 2.45) is 5.41 Å². The van der Waals surface area contributed by atoms with E-state index in [4.69, 9.17) is 0 Å². The van der Waals surface area contributed by atoms with Gasteiger partial charge in [-0.2, -0.15) is 0 Å². The van der Waals surface area contributed by atoms with Gasteiger partial charge in [0, 0.05) is 18.5 Å². The van der Waals surface area contributed by atoms with Gasteiger partial charge in [0.25, 0.3) is 0 Å². The standard InChI is InChI=1S/C21H26N2O5S/c1-2-29(27,28)23-11-8-15-12-16(6-7-17(15)23)18(24)14-22-19(25)13-21(20(22)26)9-4-3-5-10-21/h6-7,12H,2-5,8-11,13-14H2,1H3. The van der Waals surface area contributed by atoms with Crippen molar-refractivity contribution in [2.75, 3.05) is 23.1 Å². The van der Waals surface area contributed by atoms with Gasteiger partial charge < -0.3 is 0 Å². The summed E-state index contributed by atoms with van der Waals surface area (Å²) in [5.41, 5.74) is 1.22. The molecule has 0 N–H and O–H groups in total. The lowest BCUT2D eigenvalue weighted by Crippen LogP contribution is -2.39. The van der Waals surface area contributed by atoms with E-state index in [1.807, 2.05) is 0 Å². The summed E-state index contributed by atoms with van der Waals surface area (Å²) in [5, 5.41) is 0.